The number of carboxylic acid groups (broad SMARTS) is 1. The summed E-state index contributed by atoms with van der Waals surface area (Å²) >= 11 is 0.929. The van der Waals surface area contributed by atoms with Crippen molar-refractivity contribution in [1.29, 1.82) is 0 Å². The van der Waals surface area contributed by atoms with Crippen molar-refractivity contribution in [2.24, 2.45) is 0 Å². The van der Waals surface area contributed by atoms with E-state index in [1.165, 1.54) is 15.8 Å². The number of aromatic carboxylic acids is 1. The Hall–Kier alpha value is -0.960. The second kappa shape index (κ2) is 6.66. The Bertz CT molecular complexity index is 637. The van der Waals surface area contributed by atoms with Crippen molar-refractivity contribution in [3.05, 3.63) is 16.3 Å². The molecule has 1 N–H and O–H groups in total. The summed E-state index contributed by atoms with van der Waals surface area (Å²) in [6, 6.07) is 1.06. The Balaban J connectivity index is 2.14. The maximum Gasteiger partial charge on any atom is 0.345 e. The Labute approximate surface area is 134 Å². The monoisotopic (exact) mass is 347 g/mol. The third-order valence-electron chi connectivity index (χ3n) is 3.62. The molecule has 1 aliphatic rings. The van der Waals surface area contributed by atoms with Crippen LogP contribution in [0.4, 0.5) is 0 Å². The van der Waals surface area contributed by atoms with Gasteiger partial charge in [0.1, 0.15) is 4.88 Å². The summed E-state index contributed by atoms with van der Waals surface area (Å²) < 4.78 is 32.5. The average Bonchev–Trinajstić information content (AvgIpc) is 2.87. The van der Waals surface area contributed by atoms with Crippen molar-refractivity contribution < 1.29 is 23.1 Å². The van der Waals surface area contributed by atoms with Gasteiger partial charge >= 0.3 is 5.97 Å². The van der Waals surface area contributed by atoms with Gasteiger partial charge in [-0.05, 0) is 39.7 Å². The van der Waals surface area contributed by atoms with E-state index < -0.39 is 16.0 Å². The van der Waals surface area contributed by atoms with E-state index in [2.05, 4.69) is 0 Å². The maximum atomic E-state index is 12.7. The van der Waals surface area contributed by atoms with Crippen molar-refractivity contribution >= 4 is 27.3 Å². The van der Waals surface area contributed by atoms with Gasteiger partial charge in [-0.1, -0.05) is 0 Å². The van der Waals surface area contributed by atoms with Crippen molar-refractivity contribution in [3.8, 4) is 0 Å². The number of hydrogen-bond donors (Lipinski definition) is 1. The largest absolute Gasteiger partial charge is 0.477 e. The van der Waals surface area contributed by atoms with Crippen LogP contribution in [0, 0.1) is 0 Å². The zero-order chi connectivity index (χ0) is 16.5. The molecule has 0 bridgehead atoms. The second-order valence-corrected chi connectivity index (χ2v) is 8.55. The number of sulfonamides is 1. The van der Waals surface area contributed by atoms with E-state index in [4.69, 9.17) is 9.84 Å². The molecule has 1 aromatic rings. The SMILES string of the molecule is CC(C)OC1CCN(S(=O)(=O)c2csc(C(=O)O)c2)C(C)C1. The summed E-state index contributed by atoms with van der Waals surface area (Å²) in [7, 11) is -3.65. The fourth-order valence-electron chi connectivity index (χ4n) is 2.67. The summed E-state index contributed by atoms with van der Waals surface area (Å²) in [4.78, 5) is 11.0. The molecule has 1 saturated heterocycles. The van der Waals surface area contributed by atoms with Gasteiger partial charge in [0.15, 0.2) is 0 Å². The average molecular weight is 347 g/mol. The van der Waals surface area contributed by atoms with Gasteiger partial charge in [-0.3, -0.25) is 0 Å². The van der Waals surface area contributed by atoms with E-state index in [9.17, 15) is 13.2 Å². The van der Waals surface area contributed by atoms with Crippen molar-refractivity contribution in [1.82, 2.24) is 4.31 Å². The highest BCUT2D eigenvalue weighted by molar-refractivity contribution is 7.89. The number of thiophene rings is 1. The summed E-state index contributed by atoms with van der Waals surface area (Å²) in [5.41, 5.74) is 0. The van der Waals surface area contributed by atoms with Crippen LogP contribution in [-0.2, 0) is 14.8 Å². The normalized spacial score (nSPS) is 23.8. The fourth-order valence-corrected chi connectivity index (χ4v) is 5.43. The van der Waals surface area contributed by atoms with Crippen LogP contribution in [0.3, 0.4) is 0 Å². The lowest BCUT2D eigenvalue weighted by Crippen LogP contribution is -2.46. The van der Waals surface area contributed by atoms with E-state index in [1.54, 1.807) is 0 Å². The van der Waals surface area contributed by atoms with Crippen LogP contribution in [0.15, 0.2) is 16.3 Å². The van der Waals surface area contributed by atoms with Gasteiger partial charge in [0.25, 0.3) is 0 Å². The van der Waals surface area contributed by atoms with E-state index in [-0.39, 0.29) is 28.0 Å². The lowest BCUT2D eigenvalue weighted by Gasteiger charge is -2.37. The molecule has 2 heterocycles. The van der Waals surface area contributed by atoms with E-state index in [0.29, 0.717) is 19.4 Å². The number of nitrogens with zero attached hydrogens (tertiary/aromatic N) is 1. The molecule has 124 valence electrons. The Morgan fingerprint density at radius 2 is 2.18 bits per heavy atom. The number of rotatable bonds is 5. The summed E-state index contributed by atoms with van der Waals surface area (Å²) in [5, 5.41) is 10.3. The number of carbonyl (C=O) groups is 1. The van der Waals surface area contributed by atoms with Crippen molar-refractivity contribution in [3.63, 3.8) is 0 Å². The minimum absolute atomic E-state index is 0.0317. The molecule has 8 heteroatoms. The van der Waals surface area contributed by atoms with Gasteiger partial charge in [-0.25, -0.2) is 13.2 Å². The first kappa shape index (κ1) is 17.4. The highest BCUT2D eigenvalue weighted by Crippen LogP contribution is 2.29. The number of ether oxygens (including phenoxy) is 1. The van der Waals surface area contributed by atoms with Gasteiger partial charge in [-0.15, -0.1) is 11.3 Å². The molecular weight excluding hydrogens is 326 g/mol. The summed E-state index contributed by atoms with van der Waals surface area (Å²) in [6.45, 7) is 6.18. The predicted octanol–water partition coefficient (Wildman–Crippen LogP) is 2.41. The molecule has 1 aliphatic heterocycles. The van der Waals surface area contributed by atoms with E-state index in [0.717, 1.165) is 11.3 Å². The van der Waals surface area contributed by atoms with Crippen LogP contribution in [-0.4, -0.2) is 48.6 Å². The molecule has 2 atom stereocenters. The van der Waals surface area contributed by atoms with Crippen LogP contribution in [0.2, 0.25) is 0 Å². The van der Waals surface area contributed by atoms with Gasteiger partial charge in [0.05, 0.1) is 17.1 Å². The predicted molar refractivity (Wildman–Crippen MR) is 83.9 cm³/mol. The first-order chi connectivity index (χ1) is 10.2. The molecule has 0 aliphatic carbocycles. The molecule has 0 saturated carbocycles. The smallest absolute Gasteiger partial charge is 0.345 e. The Kier molecular flexibility index (Phi) is 5.26. The minimum Gasteiger partial charge on any atom is -0.477 e. The highest BCUT2D eigenvalue weighted by atomic mass is 32.2. The van der Waals surface area contributed by atoms with Gasteiger partial charge in [0, 0.05) is 18.0 Å². The number of carboxylic acids is 1. The topological polar surface area (TPSA) is 83.9 Å². The molecule has 1 fully saturated rings. The zero-order valence-corrected chi connectivity index (χ0v) is 14.5. The molecular formula is C14H21NO5S2. The minimum atomic E-state index is -3.65. The third-order valence-corrected chi connectivity index (χ3v) is 6.68. The van der Waals surface area contributed by atoms with E-state index >= 15 is 0 Å². The molecule has 0 amide bonds. The molecule has 0 radical (unpaired) electrons. The van der Waals surface area contributed by atoms with Gasteiger partial charge in [0.2, 0.25) is 10.0 Å². The number of piperidine rings is 1. The maximum absolute atomic E-state index is 12.7. The van der Waals surface area contributed by atoms with E-state index in [1.807, 2.05) is 20.8 Å². The Morgan fingerprint density at radius 1 is 1.50 bits per heavy atom. The summed E-state index contributed by atoms with van der Waals surface area (Å²) in [6.07, 6.45) is 1.49. The van der Waals surface area contributed by atoms with Crippen molar-refractivity contribution in [2.45, 2.75) is 56.8 Å². The molecule has 0 spiro atoms. The molecule has 2 unspecified atom stereocenters. The van der Waals surface area contributed by atoms with Gasteiger partial charge in [-0.2, -0.15) is 4.31 Å². The van der Waals surface area contributed by atoms with Crippen LogP contribution in [0.5, 0.6) is 0 Å². The first-order valence-corrected chi connectivity index (χ1v) is 9.53. The standard InChI is InChI=1S/C14H21NO5S2/c1-9(2)20-11-4-5-15(10(3)6-11)22(18,19)12-7-13(14(16)17)21-8-12/h7-11H,4-6H2,1-3H3,(H,16,17). The first-order valence-electron chi connectivity index (χ1n) is 7.21. The van der Waals surface area contributed by atoms with Gasteiger partial charge < -0.3 is 9.84 Å². The lowest BCUT2D eigenvalue weighted by molar-refractivity contribution is -0.0274. The van der Waals surface area contributed by atoms with Crippen LogP contribution < -0.4 is 0 Å². The molecule has 2 rings (SSSR count). The quantitative estimate of drug-likeness (QED) is 0.884. The highest BCUT2D eigenvalue weighted by Gasteiger charge is 2.35. The van der Waals surface area contributed by atoms with Crippen LogP contribution >= 0.6 is 11.3 Å². The lowest BCUT2D eigenvalue weighted by atomic mass is 10.0. The molecule has 6 nitrogen and oxygen atoms in total. The molecule has 0 aromatic carbocycles. The zero-order valence-electron chi connectivity index (χ0n) is 12.9. The summed E-state index contributed by atoms with van der Waals surface area (Å²) in [5.74, 6) is -1.11. The Morgan fingerprint density at radius 3 is 2.68 bits per heavy atom. The molecule has 1 aromatic heterocycles. The second-order valence-electron chi connectivity index (χ2n) is 5.75. The fraction of sp³-hybridized carbons (Fsp3) is 0.643. The molecule has 22 heavy (non-hydrogen) atoms. The number of hydrogen-bond acceptors (Lipinski definition) is 5. The van der Waals surface area contributed by atoms with Crippen LogP contribution in [0.25, 0.3) is 0 Å². The van der Waals surface area contributed by atoms with Crippen LogP contribution in [0.1, 0.15) is 43.3 Å². The third kappa shape index (κ3) is 3.68. The van der Waals surface area contributed by atoms with Crippen molar-refractivity contribution in [2.75, 3.05) is 6.54 Å².